The van der Waals surface area contributed by atoms with Gasteiger partial charge in [-0.1, -0.05) is 133 Å². The van der Waals surface area contributed by atoms with E-state index in [4.69, 9.17) is 4.42 Å². The molecule has 0 saturated heterocycles. The normalized spacial score (nSPS) is 11.9. The van der Waals surface area contributed by atoms with Gasteiger partial charge < -0.3 is 13.6 Å². The molecular formula is C48H30N2O. The van der Waals surface area contributed by atoms with E-state index in [1.165, 1.54) is 38.1 Å². The van der Waals surface area contributed by atoms with Crippen LogP contribution in [-0.2, 0) is 0 Å². The van der Waals surface area contributed by atoms with E-state index >= 15 is 0 Å². The first-order valence-corrected chi connectivity index (χ1v) is 17.4. The molecule has 238 valence electrons. The lowest BCUT2D eigenvalue weighted by molar-refractivity contribution is 0.670. The molecule has 3 aromatic heterocycles. The zero-order valence-corrected chi connectivity index (χ0v) is 27.6. The van der Waals surface area contributed by atoms with Gasteiger partial charge in [0.15, 0.2) is 0 Å². The quantitative estimate of drug-likeness (QED) is 0.186. The average Bonchev–Trinajstić information content (AvgIpc) is 3.85. The number of fused-ring (bicyclic) bond motifs is 9. The van der Waals surface area contributed by atoms with Crippen molar-refractivity contribution in [2.75, 3.05) is 0 Å². The third-order valence-corrected chi connectivity index (χ3v) is 10.5. The van der Waals surface area contributed by atoms with Gasteiger partial charge in [-0.3, -0.25) is 0 Å². The first-order valence-electron chi connectivity index (χ1n) is 17.4. The summed E-state index contributed by atoms with van der Waals surface area (Å²) in [6, 6.07) is 65.5. The van der Waals surface area contributed by atoms with Crippen LogP contribution in [0.5, 0.6) is 0 Å². The lowest BCUT2D eigenvalue weighted by Crippen LogP contribution is -2.00. The summed E-state index contributed by atoms with van der Waals surface area (Å²) in [5.74, 6) is 0. The number of hydrogen-bond donors (Lipinski definition) is 0. The second-order valence-electron chi connectivity index (χ2n) is 13.3. The standard InChI is InChI=1S/C48H30N2O/c1-3-14-31(15-4-1)33-26-34(49-43-23-10-7-18-37(43)38-19-8-11-24-44(38)49)28-35(27-33)50-45-25-12-9-20-39(45)41-29-42-40-22-13-21-36(32-16-5-2-6-17-32)48(40)51-47(42)30-46(41)50/h1-30H. The Kier molecular flexibility index (Phi) is 5.96. The van der Waals surface area contributed by atoms with Crippen molar-refractivity contribution in [2.24, 2.45) is 0 Å². The van der Waals surface area contributed by atoms with Crippen molar-refractivity contribution < 1.29 is 4.42 Å². The highest BCUT2D eigenvalue weighted by Crippen LogP contribution is 2.42. The van der Waals surface area contributed by atoms with Crippen molar-refractivity contribution in [2.45, 2.75) is 0 Å². The van der Waals surface area contributed by atoms with Gasteiger partial charge in [-0.05, 0) is 59.2 Å². The number of para-hydroxylation sites is 4. The Morgan fingerprint density at radius 1 is 0.314 bits per heavy atom. The highest BCUT2D eigenvalue weighted by atomic mass is 16.3. The Bertz CT molecular complexity index is 3070. The lowest BCUT2D eigenvalue weighted by atomic mass is 10.0. The second kappa shape index (κ2) is 10.8. The van der Waals surface area contributed by atoms with Crippen LogP contribution < -0.4 is 0 Å². The van der Waals surface area contributed by atoms with Gasteiger partial charge in [0.2, 0.25) is 0 Å². The Morgan fingerprint density at radius 2 is 0.824 bits per heavy atom. The molecule has 0 fully saturated rings. The van der Waals surface area contributed by atoms with Crippen molar-refractivity contribution >= 4 is 65.6 Å². The first-order chi connectivity index (χ1) is 25.3. The van der Waals surface area contributed by atoms with Gasteiger partial charge >= 0.3 is 0 Å². The number of rotatable bonds is 4. The van der Waals surface area contributed by atoms with Crippen LogP contribution in [0, 0.1) is 0 Å². The number of nitrogens with zero attached hydrogens (tertiary/aromatic N) is 2. The van der Waals surface area contributed by atoms with Gasteiger partial charge in [-0.2, -0.15) is 0 Å². The predicted molar refractivity (Wildman–Crippen MR) is 213 cm³/mol. The van der Waals surface area contributed by atoms with Crippen LogP contribution in [0.4, 0.5) is 0 Å². The monoisotopic (exact) mass is 650 g/mol. The van der Waals surface area contributed by atoms with Crippen LogP contribution in [-0.4, -0.2) is 9.13 Å². The molecule has 51 heavy (non-hydrogen) atoms. The van der Waals surface area contributed by atoms with Crippen LogP contribution in [0.3, 0.4) is 0 Å². The minimum absolute atomic E-state index is 0.881. The van der Waals surface area contributed by atoms with Crippen molar-refractivity contribution in [3.8, 4) is 33.6 Å². The first kappa shape index (κ1) is 28.0. The minimum Gasteiger partial charge on any atom is -0.455 e. The molecule has 0 aliphatic heterocycles. The molecule has 0 bridgehead atoms. The summed E-state index contributed by atoms with van der Waals surface area (Å²) in [6.45, 7) is 0. The number of hydrogen-bond acceptors (Lipinski definition) is 1. The molecule has 0 radical (unpaired) electrons. The predicted octanol–water partition coefficient (Wildman–Crippen LogP) is 13.1. The largest absolute Gasteiger partial charge is 0.455 e. The van der Waals surface area contributed by atoms with Gasteiger partial charge in [0.1, 0.15) is 11.2 Å². The van der Waals surface area contributed by atoms with Crippen LogP contribution >= 0.6 is 0 Å². The number of aromatic nitrogens is 2. The van der Waals surface area contributed by atoms with Crippen LogP contribution in [0.2, 0.25) is 0 Å². The summed E-state index contributed by atoms with van der Waals surface area (Å²) in [5.41, 5.74) is 13.3. The third-order valence-electron chi connectivity index (χ3n) is 10.5. The van der Waals surface area contributed by atoms with E-state index in [0.717, 1.165) is 61.0 Å². The van der Waals surface area contributed by atoms with E-state index in [1.54, 1.807) is 0 Å². The molecule has 0 amide bonds. The van der Waals surface area contributed by atoms with E-state index in [0.29, 0.717) is 0 Å². The molecule has 11 aromatic rings. The van der Waals surface area contributed by atoms with Crippen molar-refractivity contribution in [3.63, 3.8) is 0 Å². The zero-order valence-electron chi connectivity index (χ0n) is 27.6. The van der Waals surface area contributed by atoms with E-state index < -0.39 is 0 Å². The van der Waals surface area contributed by atoms with E-state index in [9.17, 15) is 0 Å². The molecule has 3 nitrogen and oxygen atoms in total. The molecular weight excluding hydrogens is 621 g/mol. The SMILES string of the molecule is c1ccc(-c2cc(-n3c4ccccc4c4ccccc43)cc(-n3c4ccccc4c4cc5c(cc43)oc3c(-c4ccccc4)cccc35)c2)cc1. The van der Waals surface area contributed by atoms with Crippen LogP contribution in [0.25, 0.3) is 99.2 Å². The molecule has 0 aliphatic carbocycles. The molecule has 11 rings (SSSR count). The lowest BCUT2D eigenvalue weighted by Gasteiger charge is -2.16. The topological polar surface area (TPSA) is 23.0 Å². The Labute approximate surface area is 293 Å². The molecule has 0 unspecified atom stereocenters. The third kappa shape index (κ3) is 4.19. The summed E-state index contributed by atoms with van der Waals surface area (Å²) >= 11 is 0. The van der Waals surface area contributed by atoms with Gasteiger partial charge in [-0.15, -0.1) is 0 Å². The maximum atomic E-state index is 6.79. The Morgan fingerprint density at radius 3 is 1.45 bits per heavy atom. The summed E-state index contributed by atoms with van der Waals surface area (Å²) in [7, 11) is 0. The number of furan rings is 1. The van der Waals surface area contributed by atoms with Gasteiger partial charge in [-0.25, -0.2) is 0 Å². The number of benzene rings is 8. The fourth-order valence-corrected chi connectivity index (χ4v) is 8.23. The fourth-order valence-electron chi connectivity index (χ4n) is 8.23. The van der Waals surface area contributed by atoms with Crippen molar-refractivity contribution in [1.29, 1.82) is 0 Å². The van der Waals surface area contributed by atoms with Gasteiger partial charge in [0.05, 0.1) is 22.1 Å². The highest BCUT2D eigenvalue weighted by molar-refractivity contribution is 6.19. The summed E-state index contributed by atoms with van der Waals surface area (Å²) in [4.78, 5) is 0. The second-order valence-corrected chi connectivity index (χ2v) is 13.3. The summed E-state index contributed by atoms with van der Waals surface area (Å²) in [6.07, 6.45) is 0. The van der Waals surface area contributed by atoms with Crippen LogP contribution in [0.15, 0.2) is 186 Å². The van der Waals surface area contributed by atoms with E-state index in [2.05, 4.69) is 191 Å². The molecule has 8 aromatic carbocycles. The molecule has 3 heterocycles. The minimum atomic E-state index is 0.881. The Balaban J connectivity index is 1.23. The molecule has 3 heteroatoms. The van der Waals surface area contributed by atoms with Crippen molar-refractivity contribution in [3.05, 3.63) is 182 Å². The van der Waals surface area contributed by atoms with Gasteiger partial charge in [0, 0.05) is 55.3 Å². The smallest absolute Gasteiger partial charge is 0.143 e. The molecule has 0 N–H and O–H groups in total. The summed E-state index contributed by atoms with van der Waals surface area (Å²) < 4.78 is 11.6. The maximum absolute atomic E-state index is 6.79. The van der Waals surface area contributed by atoms with Gasteiger partial charge in [0.25, 0.3) is 0 Å². The molecule has 0 spiro atoms. The Hall–Kier alpha value is -6.84. The highest BCUT2D eigenvalue weighted by Gasteiger charge is 2.20. The van der Waals surface area contributed by atoms with E-state index in [-0.39, 0.29) is 0 Å². The average molecular weight is 651 g/mol. The van der Waals surface area contributed by atoms with E-state index in [1.807, 2.05) is 0 Å². The molecule has 0 atom stereocenters. The molecule has 0 saturated carbocycles. The fraction of sp³-hybridized carbons (Fsp3) is 0. The maximum Gasteiger partial charge on any atom is 0.143 e. The summed E-state index contributed by atoms with van der Waals surface area (Å²) in [5, 5.41) is 7.17. The van der Waals surface area contributed by atoms with Crippen LogP contribution in [0.1, 0.15) is 0 Å². The van der Waals surface area contributed by atoms with Crippen molar-refractivity contribution in [1.82, 2.24) is 9.13 Å². The zero-order chi connectivity index (χ0) is 33.5. The molecule has 0 aliphatic rings.